The topological polar surface area (TPSA) is 74.3 Å². The summed E-state index contributed by atoms with van der Waals surface area (Å²) < 4.78 is 27.5. The van der Waals surface area contributed by atoms with Gasteiger partial charge in [0.05, 0.1) is 0 Å². The molecule has 1 fully saturated rings. The Kier molecular flexibility index (Phi) is 4.38. The van der Waals surface area contributed by atoms with Crippen molar-refractivity contribution in [1.82, 2.24) is 14.6 Å². The molecular formula is C12H20N4O2S. The molecule has 19 heavy (non-hydrogen) atoms. The van der Waals surface area contributed by atoms with Crippen LogP contribution in [-0.2, 0) is 10.0 Å². The predicted octanol–water partition coefficient (Wildman–Crippen LogP) is 0.496. The van der Waals surface area contributed by atoms with Crippen LogP contribution in [0.3, 0.4) is 0 Å². The van der Waals surface area contributed by atoms with Crippen LogP contribution < -0.4 is 10.0 Å². The minimum absolute atomic E-state index is 0.0234. The van der Waals surface area contributed by atoms with Crippen LogP contribution in [0.15, 0.2) is 23.2 Å². The van der Waals surface area contributed by atoms with Crippen LogP contribution in [0.25, 0.3) is 0 Å². The average Bonchev–Trinajstić information content (AvgIpc) is 2.75. The van der Waals surface area contributed by atoms with Crippen molar-refractivity contribution in [3.05, 3.63) is 18.3 Å². The fourth-order valence-corrected chi connectivity index (χ4v) is 3.62. The number of nitrogens with one attached hydrogen (secondary N) is 2. The van der Waals surface area contributed by atoms with Gasteiger partial charge in [-0.2, -0.15) is 0 Å². The minimum atomic E-state index is -3.52. The Hall–Kier alpha value is -1.18. The van der Waals surface area contributed by atoms with E-state index in [-0.39, 0.29) is 10.9 Å². The standard InChI is InChI=1S/C12H20N4O2S/c1-3-13-12-11(5-4-7-14-12)19(17,18)15-10-6-8-16(2)9-10/h4-5,7,10,15H,3,6,8-9H2,1-2H3,(H,13,14). The second-order valence-corrected chi connectivity index (χ2v) is 6.43. The number of hydrogen-bond acceptors (Lipinski definition) is 5. The number of hydrogen-bond donors (Lipinski definition) is 2. The minimum Gasteiger partial charge on any atom is -0.369 e. The predicted molar refractivity (Wildman–Crippen MR) is 74.6 cm³/mol. The number of sulfonamides is 1. The smallest absolute Gasteiger partial charge is 0.244 e. The highest BCUT2D eigenvalue weighted by Gasteiger charge is 2.27. The van der Waals surface area contributed by atoms with Gasteiger partial charge in [-0.3, -0.25) is 0 Å². The molecule has 0 radical (unpaired) electrons. The Labute approximate surface area is 114 Å². The summed E-state index contributed by atoms with van der Waals surface area (Å²) in [5.41, 5.74) is 0. The Morgan fingerprint density at radius 3 is 2.95 bits per heavy atom. The van der Waals surface area contributed by atoms with E-state index in [9.17, 15) is 8.42 Å². The number of aromatic nitrogens is 1. The lowest BCUT2D eigenvalue weighted by Crippen LogP contribution is -2.36. The third-order valence-electron chi connectivity index (χ3n) is 3.12. The molecule has 6 nitrogen and oxygen atoms in total. The van der Waals surface area contributed by atoms with E-state index < -0.39 is 10.0 Å². The van der Waals surface area contributed by atoms with Gasteiger partial charge in [0.15, 0.2) is 0 Å². The largest absolute Gasteiger partial charge is 0.369 e. The monoisotopic (exact) mass is 284 g/mol. The number of rotatable bonds is 5. The van der Waals surface area contributed by atoms with E-state index in [1.54, 1.807) is 18.3 Å². The zero-order valence-electron chi connectivity index (χ0n) is 11.3. The molecule has 1 aliphatic heterocycles. The van der Waals surface area contributed by atoms with Crippen molar-refractivity contribution in [3.8, 4) is 0 Å². The molecule has 2 N–H and O–H groups in total. The lowest BCUT2D eigenvalue weighted by atomic mass is 10.3. The van der Waals surface area contributed by atoms with E-state index in [0.717, 1.165) is 19.5 Å². The summed E-state index contributed by atoms with van der Waals surface area (Å²) in [5.74, 6) is 0.406. The molecule has 0 aliphatic carbocycles. The average molecular weight is 284 g/mol. The van der Waals surface area contributed by atoms with Gasteiger partial charge in [0.1, 0.15) is 10.7 Å². The van der Waals surface area contributed by atoms with Crippen LogP contribution in [0.5, 0.6) is 0 Å². The van der Waals surface area contributed by atoms with Crippen LogP contribution in [0.4, 0.5) is 5.82 Å². The molecule has 1 aliphatic rings. The maximum Gasteiger partial charge on any atom is 0.244 e. The van der Waals surface area contributed by atoms with Crippen molar-refractivity contribution in [2.75, 3.05) is 32.0 Å². The first-order valence-electron chi connectivity index (χ1n) is 6.42. The molecule has 0 bridgehead atoms. The van der Waals surface area contributed by atoms with Gasteiger partial charge in [-0.05, 0) is 39.1 Å². The van der Waals surface area contributed by atoms with Crippen molar-refractivity contribution in [2.24, 2.45) is 0 Å². The van der Waals surface area contributed by atoms with E-state index in [2.05, 4.69) is 19.9 Å². The molecule has 2 heterocycles. The van der Waals surface area contributed by atoms with Crippen LogP contribution >= 0.6 is 0 Å². The molecule has 2 rings (SSSR count). The fraction of sp³-hybridized carbons (Fsp3) is 0.583. The first-order chi connectivity index (χ1) is 9.03. The third-order valence-corrected chi connectivity index (χ3v) is 4.67. The van der Waals surface area contributed by atoms with Crippen molar-refractivity contribution in [1.29, 1.82) is 0 Å². The van der Waals surface area contributed by atoms with Gasteiger partial charge in [0.25, 0.3) is 0 Å². The summed E-state index contributed by atoms with van der Waals surface area (Å²) in [4.78, 5) is 6.41. The van der Waals surface area contributed by atoms with E-state index in [1.165, 1.54) is 0 Å². The van der Waals surface area contributed by atoms with E-state index in [1.807, 2.05) is 14.0 Å². The molecule has 1 aromatic rings. The lowest BCUT2D eigenvalue weighted by molar-refractivity contribution is 0.407. The van der Waals surface area contributed by atoms with E-state index in [0.29, 0.717) is 12.4 Å². The summed E-state index contributed by atoms with van der Waals surface area (Å²) >= 11 is 0. The molecule has 1 unspecified atom stereocenters. The van der Waals surface area contributed by atoms with Crippen molar-refractivity contribution in [2.45, 2.75) is 24.3 Å². The van der Waals surface area contributed by atoms with Crippen molar-refractivity contribution < 1.29 is 8.42 Å². The molecule has 0 saturated carbocycles. The molecule has 1 aromatic heterocycles. The highest BCUT2D eigenvalue weighted by atomic mass is 32.2. The number of likely N-dealkylation sites (tertiary alicyclic amines) is 1. The summed E-state index contributed by atoms with van der Waals surface area (Å²) in [6.45, 7) is 4.20. The van der Waals surface area contributed by atoms with Gasteiger partial charge in [-0.1, -0.05) is 0 Å². The Morgan fingerprint density at radius 1 is 1.53 bits per heavy atom. The highest BCUT2D eigenvalue weighted by Crippen LogP contribution is 2.19. The summed E-state index contributed by atoms with van der Waals surface area (Å²) in [6.07, 6.45) is 2.42. The summed E-state index contributed by atoms with van der Waals surface area (Å²) in [5, 5.41) is 2.98. The quantitative estimate of drug-likeness (QED) is 0.823. The van der Waals surface area contributed by atoms with Gasteiger partial charge < -0.3 is 10.2 Å². The normalized spacial score (nSPS) is 20.6. The molecule has 106 valence electrons. The third kappa shape index (κ3) is 3.43. The van der Waals surface area contributed by atoms with Crippen LogP contribution in [0.2, 0.25) is 0 Å². The molecule has 0 spiro atoms. The SMILES string of the molecule is CCNc1ncccc1S(=O)(=O)NC1CCN(C)C1. The molecule has 1 saturated heterocycles. The van der Waals surface area contributed by atoms with Gasteiger partial charge in [-0.25, -0.2) is 18.1 Å². The van der Waals surface area contributed by atoms with Crippen molar-refractivity contribution >= 4 is 15.8 Å². The molecule has 0 amide bonds. The van der Waals surface area contributed by atoms with Gasteiger partial charge in [0, 0.05) is 25.3 Å². The Bertz CT molecular complexity index is 532. The maximum absolute atomic E-state index is 12.4. The Balaban J connectivity index is 2.19. The van der Waals surface area contributed by atoms with Crippen LogP contribution in [-0.4, -0.2) is 51.0 Å². The van der Waals surface area contributed by atoms with Crippen LogP contribution in [0.1, 0.15) is 13.3 Å². The second kappa shape index (κ2) is 5.85. The zero-order valence-corrected chi connectivity index (χ0v) is 12.1. The summed E-state index contributed by atoms with van der Waals surface area (Å²) in [6, 6.07) is 3.19. The molecule has 0 aromatic carbocycles. The number of anilines is 1. The molecule has 7 heteroatoms. The van der Waals surface area contributed by atoms with Gasteiger partial charge in [-0.15, -0.1) is 0 Å². The molecular weight excluding hydrogens is 264 g/mol. The first-order valence-corrected chi connectivity index (χ1v) is 7.91. The second-order valence-electron chi connectivity index (χ2n) is 4.75. The number of likely N-dealkylation sites (N-methyl/N-ethyl adjacent to an activating group) is 1. The van der Waals surface area contributed by atoms with Crippen molar-refractivity contribution in [3.63, 3.8) is 0 Å². The van der Waals surface area contributed by atoms with Gasteiger partial charge >= 0.3 is 0 Å². The number of nitrogens with zero attached hydrogens (tertiary/aromatic N) is 2. The molecule has 1 atom stereocenters. The Morgan fingerprint density at radius 2 is 2.32 bits per heavy atom. The first kappa shape index (κ1) is 14.2. The summed E-state index contributed by atoms with van der Waals surface area (Å²) in [7, 11) is -1.53. The van der Waals surface area contributed by atoms with Gasteiger partial charge in [0.2, 0.25) is 10.0 Å². The highest BCUT2D eigenvalue weighted by molar-refractivity contribution is 7.89. The lowest BCUT2D eigenvalue weighted by Gasteiger charge is -2.15. The zero-order chi connectivity index (χ0) is 13.9. The number of pyridine rings is 1. The maximum atomic E-state index is 12.4. The van der Waals surface area contributed by atoms with Crippen LogP contribution in [0, 0.1) is 0 Å². The fourth-order valence-electron chi connectivity index (χ4n) is 2.22. The van der Waals surface area contributed by atoms with E-state index in [4.69, 9.17) is 0 Å². The van der Waals surface area contributed by atoms with E-state index >= 15 is 0 Å².